The summed E-state index contributed by atoms with van der Waals surface area (Å²) in [6, 6.07) is 0.0703. The van der Waals surface area contributed by atoms with Crippen molar-refractivity contribution in [1.82, 2.24) is 0 Å². The highest BCUT2D eigenvalue weighted by molar-refractivity contribution is 5.72. The maximum atomic E-state index is 11.4. The van der Waals surface area contributed by atoms with Gasteiger partial charge in [0.15, 0.2) is 0 Å². The van der Waals surface area contributed by atoms with Gasteiger partial charge in [0.1, 0.15) is 0 Å². The molecule has 0 aliphatic carbocycles. The van der Waals surface area contributed by atoms with E-state index in [1.165, 1.54) is 0 Å². The fourth-order valence-corrected chi connectivity index (χ4v) is 1.39. The number of carbonyl (C=O) groups excluding carboxylic acids is 1. The molecule has 0 aromatic heterocycles. The van der Waals surface area contributed by atoms with Gasteiger partial charge in [-0.05, 0) is 26.7 Å². The minimum Gasteiger partial charge on any atom is -0.466 e. The zero-order valence-electron chi connectivity index (χ0n) is 8.88. The first-order valence-corrected chi connectivity index (χ1v) is 5.04. The molecule has 0 spiro atoms. The van der Waals surface area contributed by atoms with Gasteiger partial charge in [-0.1, -0.05) is 13.3 Å². The van der Waals surface area contributed by atoms with Gasteiger partial charge < -0.3 is 10.5 Å². The average Bonchev–Trinajstić information content (AvgIpc) is 2.03. The first-order valence-electron chi connectivity index (χ1n) is 5.04. The molecule has 78 valence electrons. The summed E-state index contributed by atoms with van der Waals surface area (Å²) < 4.78 is 4.96. The van der Waals surface area contributed by atoms with E-state index in [-0.39, 0.29) is 17.9 Å². The Bertz CT molecular complexity index is 146. The number of carbonyl (C=O) groups is 1. The Labute approximate surface area is 80.6 Å². The van der Waals surface area contributed by atoms with E-state index >= 15 is 0 Å². The largest absolute Gasteiger partial charge is 0.466 e. The van der Waals surface area contributed by atoms with Gasteiger partial charge in [0.25, 0.3) is 0 Å². The number of ether oxygens (including phenoxy) is 1. The Kier molecular flexibility index (Phi) is 6.59. The number of nitrogens with two attached hydrogens (primary N) is 1. The van der Waals surface area contributed by atoms with Gasteiger partial charge in [-0.15, -0.1) is 0 Å². The average molecular weight is 187 g/mol. The molecule has 0 saturated carbocycles. The van der Waals surface area contributed by atoms with Gasteiger partial charge in [-0.25, -0.2) is 0 Å². The van der Waals surface area contributed by atoms with Gasteiger partial charge in [0, 0.05) is 6.04 Å². The van der Waals surface area contributed by atoms with Crippen molar-refractivity contribution in [3.8, 4) is 0 Å². The van der Waals surface area contributed by atoms with Gasteiger partial charge in [-0.2, -0.15) is 0 Å². The molecule has 0 aromatic carbocycles. The van der Waals surface area contributed by atoms with E-state index in [2.05, 4.69) is 6.92 Å². The lowest BCUT2D eigenvalue weighted by Gasteiger charge is -2.16. The summed E-state index contributed by atoms with van der Waals surface area (Å²) in [4.78, 5) is 11.4. The lowest BCUT2D eigenvalue weighted by Crippen LogP contribution is -2.26. The summed E-state index contributed by atoms with van der Waals surface area (Å²) in [6.07, 6.45) is 2.60. The Hall–Kier alpha value is -0.570. The molecule has 0 rings (SSSR count). The molecule has 0 aromatic rings. The Morgan fingerprint density at radius 2 is 2.08 bits per heavy atom. The van der Waals surface area contributed by atoms with Crippen molar-refractivity contribution in [3.63, 3.8) is 0 Å². The van der Waals surface area contributed by atoms with Crippen LogP contribution in [-0.2, 0) is 9.53 Å². The van der Waals surface area contributed by atoms with Crippen LogP contribution in [-0.4, -0.2) is 18.6 Å². The van der Waals surface area contributed by atoms with Crippen LogP contribution >= 0.6 is 0 Å². The molecule has 0 bridgehead atoms. The van der Waals surface area contributed by atoms with Crippen LogP contribution in [0.3, 0.4) is 0 Å². The molecule has 0 fully saturated rings. The molecule has 3 heteroatoms. The molecule has 2 atom stereocenters. The second-order valence-corrected chi connectivity index (χ2v) is 3.45. The predicted octanol–water partition coefficient (Wildman–Crippen LogP) is 1.70. The lowest BCUT2D eigenvalue weighted by molar-refractivity contribution is -0.148. The Balaban J connectivity index is 3.98. The van der Waals surface area contributed by atoms with Gasteiger partial charge >= 0.3 is 5.97 Å². The van der Waals surface area contributed by atoms with Gasteiger partial charge in [-0.3, -0.25) is 4.79 Å². The summed E-state index contributed by atoms with van der Waals surface area (Å²) in [5, 5.41) is 0. The number of hydrogen-bond acceptors (Lipinski definition) is 3. The molecule has 0 aliphatic heterocycles. The lowest BCUT2D eigenvalue weighted by atomic mass is 9.96. The van der Waals surface area contributed by atoms with E-state index in [1.54, 1.807) is 0 Å². The highest BCUT2D eigenvalue weighted by Crippen LogP contribution is 2.14. The zero-order chi connectivity index (χ0) is 10.3. The van der Waals surface area contributed by atoms with Crippen LogP contribution in [0.25, 0.3) is 0 Å². The Morgan fingerprint density at radius 3 is 2.46 bits per heavy atom. The summed E-state index contributed by atoms with van der Waals surface area (Å²) in [6.45, 7) is 6.26. The summed E-state index contributed by atoms with van der Waals surface area (Å²) in [7, 11) is 0. The maximum Gasteiger partial charge on any atom is 0.308 e. The van der Waals surface area contributed by atoms with Crippen molar-refractivity contribution in [2.45, 2.75) is 46.1 Å². The highest BCUT2D eigenvalue weighted by atomic mass is 16.5. The normalized spacial score (nSPS) is 15.1. The monoisotopic (exact) mass is 187 g/mol. The third kappa shape index (κ3) is 5.64. The van der Waals surface area contributed by atoms with E-state index in [9.17, 15) is 4.79 Å². The molecule has 0 aliphatic rings. The summed E-state index contributed by atoms with van der Waals surface area (Å²) in [5.41, 5.74) is 5.65. The maximum absolute atomic E-state index is 11.4. The van der Waals surface area contributed by atoms with E-state index in [0.717, 1.165) is 19.3 Å². The van der Waals surface area contributed by atoms with Crippen LogP contribution < -0.4 is 5.73 Å². The van der Waals surface area contributed by atoms with E-state index < -0.39 is 0 Å². The smallest absolute Gasteiger partial charge is 0.308 e. The molecule has 0 saturated heterocycles. The first-order chi connectivity index (χ1) is 6.11. The molecular weight excluding hydrogens is 166 g/mol. The van der Waals surface area contributed by atoms with E-state index in [0.29, 0.717) is 6.61 Å². The van der Waals surface area contributed by atoms with Gasteiger partial charge in [0.2, 0.25) is 0 Å². The summed E-state index contributed by atoms with van der Waals surface area (Å²) in [5.74, 6) is -0.105. The van der Waals surface area contributed by atoms with E-state index in [4.69, 9.17) is 10.5 Å². The second-order valence-electron chi connectivity index (χ2n) is 3.45. The fourth-order valence-electron chi connectivity index (χ4n) is 1.39. The third-order valence-electron chi connectivity index (χ3n) is 1.91. The molecule has 2 N–H and O–H groups in total. The number of hydrogen-bond donors (Lipinski definition) is 1. The molecule has 3 nitrogen and oxygen atoms in total. The van der Waals surface area contributed by atoms with Crippen LogP contribution in [0.5, 0.6) is 0 Å². The first kappa shape index (κ1) is 12.4. The SMILES string of the molecule is CCCC(CC(C)N)C(=O)OCC. The molecule has 0 amide bonds. The van der Waals surface area contributed by atoms with Crippen LogP contribution in [0.15, 0.2) is 0 Å². The highest BCUT2D eigenvalue weighted by Gasteiger charge is 2.19. The van der Waals surface area contributed by atoms with Crippen molar-refractivity contribution >= 4 is 5.97 Å². The zero-order valence-corrected chi connectivity index (χ0v) is 8.88. The summed E-state index contributed by atoms with van der Waals surface area (Å²) >= 11 is 0. The molecule has 2 unspecified atom stereocenters. The Morgan fingerprint density at radius 1 is 1.46 bits per heavy atom. The minimum absolute atomic E-state index is 0.00931. The minimum atomic E-state index is -0.0957. The van der Waals surface area contributed by atoms with Crippen LogP contribution in [0.1, 0.15) is 40.0 Å². The second kappa shape index (κ2) is 6.89. The molecular formula is C10H21NO2. The fraction of sp³-hybridized carbons (Fsp3) is 0.900. The van der Waals surface area contributed by atoms with Crippen molar-refractivity contribution < 1.29 is 9.53 Å². The molecule has 13 heavy (non-hydrogen) atoms. The van der Waals surface area contributed by atoms with Crippen LogP contribution in [0.2, 0.25) is 0 Å². The van der Waals surface area contributed by atoms with Crippen molar-refractivity contribution in [1.29, 1.82) is 0 Å². The van der Waals surface area contributed by atoms with E-state index in [1.807, 2.05) is 13.8 Å². The van der Waals surface area contributed by atoms with Crippen molar-refractivity contribution in [2.75, 3.05) is 6.61 Å². The molecule has 0 heterocycles. The number of rotatable bonds is 6. The van der Waals surface area contributed by atoms with Crippen molar-refractivity contribution in [3.05, 3.63) is 0 Å². The van der Waals surface area contributed by atoms with Gasteiger partial charge in [0.05, 0.1) is 12.5 Å². The van der Waals surface area contributed by atoms with Crippen LogP contribution in [0, 0.1) is 5.92 Å². The molecule has 0 radical (unpaired) electrons. The topological polar surface area (TPSA) is 52.3 Å². The third-order valence-corrected chi connectivity index (χ3v) is 1.91. The quantitative estimate of drug-likeness (QED) is 0.644. The van der Waals surface area contributed by atoms with Crippen LogP contribution in [0.4, 0.5) is 0 Å². The van der Waals surface area contributed by atoms with Crippen molar-refractivity contribution in [2.24, 2.45) is 11.7 Å². The number of esters is 1. The standard InChI is InChI=1S/C10H21NO2/c1-4-6-9(7-8(3)11)10(12)13-5-2/h8-9H,4-7,11H2,1-3H3. The predicted molar refractivity (Wildman–Crippen MR) is 53.3 cm³/mol.